The molecular formula is C7H10FNO. The van der Waals surface area contributed by atoms with Crippen LogP contribution in [-0.4, -0.2) is 13.6 Å². The van der Waals surface area contributed by atoms with Crippen molar-refractivity contribution in [2.24, 2.45) is 0 Å². The van der Waals surface area contributed by atoms with Gasteiger partial charge in [0.25, 0.3) is 6.01 Å². The Bertz CT molecular complexity index is 197. The normalized spacial score (nSPS) is 10.2. The Morgan fingerprint density at radius 1 is 1.60 bits per heavy atom. The number of furan rings is 1. The van der Waals surface area contributed by atoms with Gasteiger partial charge >= 0.3 is 0 Å². The highest BCUT2D eigenvalue weighted by atomic mass is 19.1. The van der Waals surface area contributed by atoms with Gasteiger partial charge < -0.3 is 9.73 Å². The van der Waals surface area contributed by atoms with E-state index in [-0.39, 0.29) is 0 Å². The van der Waals surface area contributed by atoms with Crippen LogP contribution in [0.15, 0.2) is 16.5 Å². The largest absolute Gasteiger partial charge is 0.436 e. The van der Waals surface area contributed by atoms with Crippen molar-refractivity contribution < 1.29 is 8.81 Å². The molecule has 0 atom stereocenters. The molecule has 0 saturated heterocycles. The van der Waals surface area contributed by atoms with Crippen molar-refractivity contribution in [3.63, 3.8) is 0 Å². The van der Waals surface area contributed by atoms with Gasteiger partial charge in [-0.15, -0.1) is 0 Å². The summed E-state index contributed by atoms with van der Waals surface area (Å²) in [5, 5.41) is 2.94. The number of hydrogen-bond donors (Lipinski definition) is 1. The van der Waals surface area contributed by atoms with E-state index < -0.39 is 6.01 Å². The SMILES string of the molecule is CNCCc1ccc(F)o1. The lowest BCUT2D eigenvalue weighted by Crippen LogP contribution is -2.09. The molecule has 1 rings (SSSR count). The van der Waals surface area contributed by atoms with Gasteiger partial charge in [0.05, 0.1) is 0 Å². The smallest absolute Gasteiger partial charge is 0.277 e. The molecular weight excluding hydrogens is 133 g/mol. The van der Waals surface area contributed by atoms with Crippen molar-refractivity contribution in [1.82, 2.24) is 5.32 Å². The molecule has 0 aliphatic rings. The van der Waals surface area contributed by atoms with Crippen molar-refractivity contribution in [2.45, 2.75) is 6.42 Å². The van der Waals surface area contributed by atoms with Crippen LogP contribution in [-0.2, 0) is 6.42 Å². The van der Waals surface area contributed by atoms with E-state index in [1.54, 1.807) is 6.07 Å². The Labute approximate surface area is 59.0 Å². The minimum atomic E-state index is -0.508. The third-order valence-corrected chi connectivity index (χ3v) is 1.25. The van der Waals surface area contributed by atoms with E-state index in [0.29, 0.717) is 5.76 Å². The minimum Gasteiger partial charge on any atom is -0.436 e. The van der Waals surface area contributed by atoms with Gasteiger partial charge in [0.15, 0.2) is 0 Å². The number of likely N-dealkylation sites (N-methyl/N-ethyl adjacent to an activating group) is 1. The maximum Gasteiger partial charge on any atom is 0.277 e. The van der Waals surface area contributed by atoms with Crippen LogP contribution < -0.4 is 5.32 Å². The first-order chi connectivity index (χ1) is 4.83. The second-order valence-corrected chi connectivity index (χ2v) is 2.06. The topological polar surface area (TPSA) is 25.2 Å². The van der Waals surface area contributed by atoms with E-state index >= 15 is 0 Å². The molecule has 0 fully saturated rings. The summed E-state index contributed by atoms with van der Waals surface area (Å²) in [6.45, 7) is 0.812. The van der Waals surface area contributed by atoms with E-state index in [0.717, 1.165) is 13.0 Å². The summed E-state index contributed by atoms with van der Waals surface area (Å²) in [4.78, 5) is 0. The maximum atomic E-state index is 12.2. The van der Waals surface area contributed by atoms with E-state index in [1.807, 2.05) is 7.05 Å². The number of hydrogen-bond acceptors (Lipinski definition) is 2. The first-order valence-electron chi connectivity index (χ1n) is 3.22. The second kappa shape index (κ2) is 3.37. The van der Waals surface area contributed by atoms with E-state index in [9.17, 15) is 4.39 Å². The third-order valence-electron chi connectivity index (χ3n) is 1.25. The fourth-order valence-corrected chi connectivity index (χ4v) is 0.734. The molecule has 1 heterocycles. The molecule has 0 aliphatic heterocycles. The standard InChI is InChI=1S/C7H10FNO/c1-9-5-4-6-2-3-7(8)10-6/h2-3,9H,4-5H2,1H3. The van der Waals surface area contributed by atoms with Gasteiger partial charge in [-0.2, -0.15) is 4.39 Å². The van der Waals surface area contributed by atoms with Gasteiger partial charge in [-0.25, -0.2) is 0 Å². The van der Waals surface area contributed by atoms with Gasteiger partial charge in [-0.1, -0.05) is 0 Å². The Morgan fingerprint density at radius 2 is 2.40 bits per heavy atom. The first-order valence-corrected chi connectivity index (χ1v) is 3.22. The Kier molecular flexibility index (Phi) is 2.45. The molecule has 0 amide bonds. The highest BCUT2D eigenvalue weighted by Gasteiger charge is 1.97. The molecule has 1 aromatic rings. The molecule has 10 heavy (non-hydrogen) atoms. The summed E-state index contributed by atoms with van der Waals surface area (Å²) in [5.74, 6) is 0.687. The van der Waals surface area contributed by atoms with Crippen molar-refractivity contribution in [1.29, 1.82) is 0 Å². The van der Waals surface area contributed by atoms with Crippen LogP contribution in [0, 0.1) is 6.01 Å². The Hall–Kier alpha value is -0.830. The molecule has 56 valence electrons. The number of nitrogens with one attached hydrogen (secondary N) is 1. The molecule has 1 aromatic heterocycles. The molecule has 3 heteroatoms. The van der Waals surface area contributed by atoms with E-state index in [2.05, 4.69) is 9.73 Å². The molecule has 1 N–H and O–H groups in total. The summed E-state index contributed by atoms with van der Waals surface area (Å²) in [6.07, 6.45) is 0.737. The van der Waals surface area contributed by atoms with Gasteiger partial charge in [0.2, 0.25) is 0 Å². The Morgan fingerprint density at radius 3 is 2.90 bits per heavy atom. The summed E-state index contributed by atoms with van der Waals surface area (Å²) in [7, 11) is 1.85. The summed E-state index contributed by atoms with van der Waals surface area (Å²) >= 11 is 0. The van der Waals surface area contributed by atoms with E-state index in [4.69, 9.17) is 0 Å². The fraction of sp³-hybridized carbons (Fsp3) is 0.429. The average Bonchev–Trinajstić information content (AvgIpc) is 2.31. The van der Waals surface area contributed by atoms with Crippen molar-refractivity contribution in [3.8, 4) is 0 Å². The van der Waals surface area contributed by atoms with Gasteiger partial charge in [0, 0.05) is 19.0 Å². The molecule has 0 spiro atoms. The van der Waals surface area contributed by atoms with Crippen LogP contribution in [0.2, 0.25) is 0 Å². The van der Waals surface area contributed by atoms with Crippen LogP contribution in [0.25, 0.3) is 0 Å². The fourth-order valence-electron chi connectivity index (χ4n) is 0.734. The maximum absolute atomic E-state index is 12.2. The lowest BCUT2D eigenvalue weighted by molar-refractivity contribution is 0.337. The first kappa shape index (κ1) is 7.28. The molecule has 0 aliphatic carbocycles. The minimum absolute atomic E-state index is 0.508. The molecule has 0 unspecified atom stereocenters. The molecule has 0 aromatic carbocycles. The van der Waals surface area contributed by atoms with Crippen LogP contribution in [0.4, 0.5) is 4.39 Å². The Balaban J connectivity index is 2.42. The number of rotatable bonds is 3. The van der Waals surface area contributed by atoms with Crippen molar-refractivity contribution in [2.75, 3.05) is 13.6 Å². The molecule has 0 bridgehead atoms. The predicted molar refractivity (Wildman–Crippen MR) is 36.3 cm³/mol. The quantitative estimate of drug-likeness (QED) is 0.687. The summed E-state index contributed by atoms with van der Waals surface area (Å²) in [6, 6.07) is 2.46. The lowest BCUT2D eigenvalue weighted by Gasteiger charge is -1.92. The zero-order chi connectivity index (χ0) is 7.40. The third kappa shape index (κ3) is 1.84. The lowest BCUT2D eigenvalue weighted by atomic mass is 10.3. The summed E-state index contributed by atoms with van der Waals surface area (Å²) < 4.78 is 16.8. The predicted octanol–water partition coefficient (Wildman–Crippen LogP) is 1.18. The van der Waals surface area contributed by atoms with Crippen molar-refractivity contribution >= 4 is 0 Å². The van der Waals surface area contributed by atoms with Crippen LogP contribution in [0.5, 0.6) is 0 Å². The van der Waals surface area contributed by atoms with Crippen LogP contribution in [0.3, 0.4) is 0 Å². The monoisotopic (exact) mass is 143 g/mol. The van der Waals surface area contributed by atoms with E-state index in [1.165, 1.54) is 6.07 Å². The zero-order valence-electron chi connectivity index (χ0n) is 5.86. The van der Waals surface area contributed by atoms with Gasteiger partial charge in [-0.05, 0) is 13.1 Å². The average molecular weight is 143 g/mol. The highest BCUT2D eigenvalue weighted by molar-refractivity contribution is 4.99. The zero-order valence-corrected chi connectivity index (χ0v) is 5.86. The van der Waals surface area contributed by atoms with Crippen LogP contribution in [0.1, 0.15) is 5.76 Å². The molecule has 2 nitrogen and oxygen atoms in total. The molecule has 0 saturated carbocycles. The van der Waals surface area contributed by atoms with Gasteiger partial charge in [0.1, 0.15) is 5.76 Å². The number of halogens is 1. The van der Waals surface area contributed by atoms with Crippen LogP contribution >= 0.6 is 0 Å². The summed E-state index contributed by atoms with van der Waals surface area (Å²) in [5.41, 5.74) is 0. The highest BCUT2D eigenvalue weighted by Crippen LogP contribution is 2.05. The van der Waals surface area contributed by atoms with Gasteiger partial charge in [-0.3, -0.25) is 0 Å². The molecule has 0 radical (unpaired) electrons. The second-order valence-electron chi connectivity index (χ2n) is 2.06. The van der Waals surface area contributed by atoms with Crippen molar-refractivity contribution in [3.05, 3.63) is 23.9 Å².